The van der Waals surface area contributed by atoms with Crippen molar-refractivity contribution in [1.29, 1.82) is 0 Å². The van der Waals surface area contributed by atoms with E-state index in [4.69, 9.17) is 4.74 Å². The third kappa shape index (κ3) is 4.34. The van der Waals surface area contributed by atoms with E-state index in [1.807, 2.05) is 19.1 Å². The van der Waals surface area contributed by atoms with Gasteiger partial charge in [0.1, 0.15) is 0 Å². The van der Waals surface area contributed by atoms with Crippen molar-refractivity contribution in [2.75, 3.05) is 19.8 Å². The summed E-state index contributed by atoms with van der Waals surface area (Å²) >= 11 is 0. The first-order valence-electron chi connectivity index (χ1n) is 7.77. The SMILES string of the molecule is CCOCCNC(=O)c1ccc(C2CCCCC2)cc1. The predicted octanol–water partition coefficient (Wildman–Crippen LogP) is 3.50. The van der Waals surface area contributed by atoms with Gasteiger partial charge in [0, 0.05) is 18.7 Å². The Hall–Kier alpha value is -1.35. The van der Waals surface area contributed by atoms with Crippen LogP contribution in [-0.2, 0) is 4.74 Å². The first-order chi connectivity index (χ1) is 9.81. The van der Waals surface area contributed by atoms with Crippen LogP contribution < -0.4 is 5.32 Å². The second-order valence-corrected chi connectivity index (χ2v) is 5.41. The van der Waals surface area contributed by atoms with Gasteiger partial charge in [-0.2, -0.15) is 0 Å². The van der Waals surface area contributed by atoms with E-state index in [-0.39, 0.29) is 5.91 Å². The molecule has 110 valence electrons. The Morgan fingerprint density at radius 3 is 2.55 bits per heavy atom. The van der Waals surface area contributed by atoms with Crippen LogP contribution in [0, 0.1) is 0 Å². The van der Waals surface area contributed by atoms with Gasteiger partial charge in [-0.05, 0) is 43.4 Å². The Morgan fingerprint density at radius 1 is 1.20 bits per heavy atom. The first kappa shape index (κ1) is 15.0. The standard InChI is InChI=1S/C17H25NO2/c1-2-20-13-12-18-17(19)16-10-8-15(9-11-16)14-6-4-3-5-7-14/h8-11,14H,2-7,12-13H2,1H3,(H,18,19). The first-order valence-corrected chi connectivity index (χ1v) is 7.77. The van der Waals surface area contributed by atoms with Crippen molar-refractivity contribution in [3.63, 3.8) is 0 Å². The van der Waals surface area contributed by atoms with E-state index >= 15 is 0 Å². The molecule has 0 bridgehead atoms. The summed E-state index contributed by atoms with van der Waals surface area (Å²) in [4.78, 5) is 11.9. The minimum absolute atomic E-state index is 0.0140. The Bertz CT molecular complexity index is 408. The van der Waals surface area contributed by atoms with Gasteiger partial charge in [0.15, 0.2) is 0 Å². The fourth-order valence-electron chi connectivity index (χ4n) is 2.83. The monoisotopic (exact) mass is 275 g/mol. The molecule has 0 atom stereocenters. The molecule has 0 radical (unpaired) electrons. The van der Waals surface area contributed by atoms with Crippen molar-refractivity contribution in [3.8, 4) is 0 Å². The van der Waals surface area contributed by atoms with E-state index in [9.17, 15) is 4.79 Å². The molecule has 3 heteroatoms. The minimum atomic E-state index is -0.0140. The van der Waals surface area contributed by atoms with E-state index in [1.165, 1.54) is 37.7 Å². The van der Waals surface area contributed by atoms with E-state index in [0.717, 1.165) is 5.56 Å². The van der Waals surface area contributed by atoms with Gasteiger partial charge in [-0.15, -0.1) is 0 Å². The molecule has 1 amide bonds. The van der Waals surface area contributed by atoms with Crippen LogP contribution >= 0.6 is 0 Å². The quantitative estimate of drug-likeness (QED) is 0.807. The molecule has 1 N–H and O–H groups in total. The highest BCUT2D eigenvalue weighted by atomic mass is 16.5. The molecule has 0 aromatic heterocycles. The fraction of sp³-hybridized carbons (Fsp3) is 0.588. The number of rotatable bonds is 6. The number of carbonyl (C=O) groups excluding carboxylic acids is 1. The zero-order chi connectivity index (χ0) is 14.2. The maximum Gasteiger partial charge on any atom is 0.251 e. The zero-order valence-electron chi connectivity index (χ0n) is 12.4. The van der Waals surface area contributed by atoms with Crippen LogP contribution in [-0.4, -0.2) is 25.7 Å². The summed E-state index contributed by atoms with van der Waals surface area (Å²) < 4.78 is 5.20. The molecule has 0 unspecified atom stereocenters. The second-order valence-electron chi connectivity index (χ2n) is 5.41. The molecule has 3 nitrogen and oxygen atoms in total. The summed E-state index contributed by atoms with van der Waals surface area (Å²) in [5, 5.41) is 2.87. The lowest BCUT2D eigenvalue weighted by atomic mass is 9.84. The summed E-state index contributed by atoms with van der Waals surface area (Å²) in [6.45, 7) is 3.78. The highest BCUT2D eigenvalue weighted by molar-refractivity contribution is 5.94. The number of hydrogen-bond acceptors (Lipinski definition) is 2. The highest BCUT2D eigenvalue weighted by Crippen LogP contribution is 2.32. The van der Waals surface area contributed by atoms with Crippen LogP contribution in [0.5, 0.6) is 0 Å². The summed E-state index contributed by atoms with van der Waals surface area (Å²) in [5.41, 5.74) is 2.12. The number of amides is 1. The average molecular weight is 275 g/mol. The smallest absolute Gasteiger partial charge is 0.251 e. The molecule has 0 heterocycles. The van der Waals surface area contributed by atoms with Crippen LogP contribution in [0.4, 0.5) is 0 Å². The van der Waals surface area contributed by atoms with Gasteiger partial charge >= 0.3 is 0 Å². The molecular weight excluding hydrogens is 250 g/mol. The normalized spacial score (nSPS) is 16.1. The van der Waals surface area contributed by atoms with Crippen molar-refractivity contribution in [1.82, 2.24) is 5.32 Å². The Kier molecular flexibility index (Phi) is 6.06. The van der Waals surface area contributed by atoms with Gasteiger partial charge in [-0.3, -0.25) is 4.79 Å². The van der Waals surface area contributed by atoms with Crippen molar-refractivity contribution in [2.24, 2.45) is 0 Å². The lowest BCUT2D eigenvalue weighted by Gasteiger charge is -2.22. The number of carbonyl (C=O) groups is 1. The second kappa shape index (κ2) is 8.05. The van der Waals surface area contributed by atoms with Gasteiger partial charge in [0.2, 0.25) is 0 Å². The largest absolute Gasteiger partial charge is 0.380 e. The summed E-state index contributed by atoms with van der Waals surface area (Å²) in [5.74, 6) is 0.679. The topological polar surface area (TPSA) is 38.3 Å². The van der Waals surface area contributed by atoms with Gasteiger partial charge in [0.25, 0.3) is 5.91 Å². The molecule has 20 heavy (non-hydrogen) atoms. The Balaban J connectivity index is 1.85. The van der Waals surface area contributed by atoms with E-state index < -0.39 is 0 Å². The van der Waals surface area contributed by atoms with Gasteiger partial charge in [-0.25, -0.2) is 0 Å². The molecule has 0 aliphatic heterocycles. The van der Waals surface area contributed by atoms with Crippen LogP contribution in [0.3, 0.4) is 0 Å². The molecule has 0 saturated heterocycles. The zero-order valence-corrected chi connectivity index (χ0v) is 12.4. The van der Waals surface area contributed by atoms with Gasteiger partial charge < -0.3 is 10.1 Å². The molecule has 1 aromatic rings. The van der Waals surface area contributed by atoms with E-state index in [1.54, 1.807) is 0 Å². The molecule has 2 rings (SSSR count). The van der Waals surface area contributed by atoms with Crippen molar-refractivity contribution in [2.45, 2.75) is 44.9 Å². The van der Waals surface area contributed by atoms with Crippen LogP contribution in [0.25, 0.3) is 0 Å². The third-order valence-corrected chi connectivity index (χ3v) is 3.99. The Labute approximate surface area is 121 Å². The van der Waals surface area contributed by atoms with E-state index in [0.29, 0.717) is 25.7 Å². The number of hydrogen-bond donors (Lipinski definition) is 1. The van der Waals surface area contributed by atoms with Crippen molar-refractivity contribution in [3.05, 3.63) is 35.4 Å². The van der Waals surface area contributed by atoms with Gasteiger partial charge in [-0.1, -0.05) is 31.4 Å². The maximum absolute atomic E-state index is 11.9. The lowest BCUT2D eigenvalue weighted by molar-refractivity contribution is 0.0922. The third-order valence-electron chi connectivity index (χ3n) is 3.99. The van der Waals surface area contributed by atoms with Crippen LogP contribution in [0.1, 0.15) is 60.9 Å². The summed E-state index contributed by atoms with van der Waals surface area (Å²) in [6.07, 6.45) is 6.63. The fourth-order valence-corrected chi connectivity index (χ4v) is 2.83. The minimum Gasteiger partial charge on any atom is -0.380 e. The molecule has 1 fully saturated rings. The van der Waals surface area contributed by atoms with Crippen LogP contribution in [0.2, 0.25) is 0 Å². The molecule has 0 spiro atoms. The molecular formula is C17H25NO2. The molecule has 1 aromatic carbocycles. The number of ether oxygens (including phenoxy) is 1. The number of benzene rings is 1. The van der Waals surface area contributed by atoms with Gasteiger partial charge in [0.05, 0.1) is 6.61 Å². The Morgan fingerprint density at radius 2 is 1.90 bits per heavy atom. The average Bonchev–Trinajstić information content (AvgIpc) is 2.52. The summed E-state index contributed by atoms with van der Waals surface area (Å²) in [7, 11) is 0. The van der Waals surface area contributed by atoms with Crippen LogP contribution in [0.15, 0.2) is 24.3 Å². The predicted molar refractivity (Wildman–Crippen MR) is 81.1 cm³/mol. The van der Waals surface area contributed by atoms with Crippen molar-refractivity contribution >= 4 is 5.91 Å². The molecule has 1 aliphatic rings. The van der Waals surface area contributed by atoms with Crippen molar-refractivity contribution < 1.29 is 9.53 Å². The molecule has 1 aliphatic carbocycles. The molecule has 1 saturated carbocycles. The summed E-state index contributed by atoms with van der Waals surface area (Å²) in [6, 6.07) is 8.13. The lowest BCUT2D eigenvalue weighted by Crippen LogP contribution is -2.27. The number of nitrogens with one attached hydrogen (secondary N) is 1. The van der Waals surface area contributed by atoms with E-state index in [2.05, 4.69) is 17.4 Å². The highest BCUT2D eigenvalue weighted by Gasteiger charge is 2.15. The maximum atomic E-state index is 11.9.